The highest BCUT2D eigenvalue weighted by atomic mass is 79.9. The molecule has 0 radical (unpaired) electrons. The number of rotatable bonds is 21. The van der Waals surface area contributed by atoms with Crippen LogP contribution in [-0.2, 0) is 11.3 Å². The number of aliphatic hydroxyl groups is 1. The molecule has 0 aliphatic heterocycles. The molecule has 1 rings (SSSR count). The number of nitrogen functional groups attached to an aromatic ring is 1. The number of halogens is 1. The quantitative estimate of drug-likeness (QED) is 0.189. The van der Waals surface area contributed by atoms with Crippen LogP contribution in [0.3, 0.4) is 0 Å². The average molecular weight is 517 g/mol. The number of aliphatic hydroxyl groups excluding tert-OH is 1. The van der Waals surface area contributed by atoms with Crippen molar-refractivity contribution in [1.29, 1.82) is 0 Å². The molecule has 0 bridgehead atoms. The molecule has 0 aliphatic carbocycles. The summed E-state index contributed by atoms with van der Waals surface area (Å²) in [7, 11) is 0. The Morgan fingerprint density at radius 2 is 1.41 bits per heavy atom. The summed E-state index contributed by atoms with van der Waals surface area (Å²) in [5.41, 5.74) is 5.10. The van der Waals surface area contributed by atoms with E-state index in [4.69, 9.17) is 10.5 Å². The zero-order valence-corrected chi connectivity index (χ0v) is 21.8. The van der Waals surface area contributed by atoms with Gasteiger partial charge in [-0.3, -0.25) is 4.57 Å². The number of hydrogen-bond acceptors (Lipinski definition) is 5. The van der Waals surface area contributed by atoms with Crippen LogP contribution in [0.15, 0.2) is 15.5 Å². The summed E-state index contributed by atoms with van der Waals surface area (Å²) in [4.78, 5) is 15.5. The van der Waals surface area contributed by atoms with E-state index in [-0.39, 0.29) is 19.0 Å². The molecular weight excluding hydrogens is 470 g/mol. The molecule has 0 spiro atoms. The van der Waals surface area contributed by atoms with Gasteiger partial charge in [0.2, 0.25) is 0 Å². The number of aromatic nitrogens is 2. The third-order valence-corrected chi connectivity index (χ3v) is 6.45. The minimum absolute atomic E-state index is 0.143. The highest BCUT2D eigenvalue weighted by Gasteiger charge is 2.09. The summed E-state index contributed by atoms with van der Waals surface area (Å²) >= 11 is 3.24. The summed E-state index contributed by atoms with van der Waals surface area (Å²) in [5, 5.41) is 10.1. The minimum Gasteiger partial charge on any atom is -0.389 e. The summed E-state index contributed by atoms with van der Waals surface area (Å²) in [6.07, 6.45) is 22.3. The van der Waals surface area contributed by atoms with Crippen molar-refractivity contribution < 1.29 is 9.84 Å². The molecular formula is C25H46BrN3O3. The second-order valence-corrected chi connectivity index (χ2v) is 9.80. The van der Waals surface area contributed by atoms with Crippen LogP contribution in [0.2, 0.25) is 0 Å². The Kier molecular flexibility index (Phi) is 17.8. The van der Waals surface area contributed by atoms with Gasteiger partial charge in [-0.25, -0.2) is 4.79 Å². The van der Waals surface area contributed by atoms with E-state index in [0.717, 1.165) is 6.42 Å². The van der Waals surface area contributed by atoms with Crippen molar-refractivity contribution in [3.63, 3.8) is 0 Å². The van der Waals surface area contributed by atoms with E-state index in [9.17, 15) is 9.90 Å². The van der Waals surface area contributed by atoms with Crippen LogP contribution in [0.4, 0.5) is 5.82 Å². The van der Waals surface area contributed by atoms with Crippen molar-refractivity contribution in [2.24, 2.45) is 0 Å². The van der Waals surface area contributed by atoms with Gasteiger partial charge >= 0.3 is 5.69 Å². The first-order valence-corrected chi connectivity index (χ1v) is 13.6. The molecule has 0 aliphatic rings. The SMILES string of the molecule is CCCCCCCCCCCCCCCCCCOCC(O)Cn1cc(Br)c(N)nc1=O. The maximum absolute atomic E-state index is 11.8. The third kappa shape index (κ3) is 15.0. The van der Waals surface area contributed by atoms with Crippen molar-refractivity contribution in [2.75, 3.05) is 18.9 Å². The largest absolute Gasteiger partial charge is 0.389 e. The number of unbranched alkanes of at least 4 members (excludes halogenated alkanes) is 15. The predicted octanol–water partition coefficient (Wildman–Crippen LogP) is 6.23. The predicted molar refractivity (Wildman–Crippen MR) is 137 cm³/mol. The van der Waals surface area contributed by atoms with E-state index in [0.29, 0.717) is 11.1 Å². The van der Waals surface area contributed by atoms with Gasteiger partial charge in [-0.2, -0.15) is 4.98 Å². The zero-order chi connectivity index (χ0) is 23.4. The molecule has 0 aromatic carbocycles. The Hall–Kier alpha value is -0.920. The molecule has 0 fully saturated rings. The molecule has 6 nitrogen and oxygen atoms in total. The lowest BCUT2D eigenvalue weighted by Gasteiger charge is -2.13. The van der Waals surface area contributed by atoms with Crippen molar-refractivity contribution >= 4 is 21.7 Å². The Labute approximate surface area is 203 Å². The van der Waals surface area contributed by atoms with Crippen LogP contribution in [0, 0.1) is 0 Å². The molecule has 7 heteroatoms. The highest BCUT2D eigenvalue weighted by molar-refractivity contribution is 9.10. The fourth-order valence-electron chi connectivity index (χ4n) is 3.86. The zero-order valence-electron chi connectivity index (χ0n) is 20.2. The second kappa shape index (κ2) is 19.5. The van der Waals surface area contributed by atoms with Crippen LogP contribution in [0.25, 0.3) is 0 Å². The normalized spacial score (nSPS) is 12.3. The molecule has 0 saturated heterocycles. The van der Waals surface area contributed by atoms with E-state index >= 15 is 0 Å². The second-order valence-electron chi connectivity index (χ2n) is 8.94. The van der Waals surface area contributed by atoms with Gasteiger partial charge in [-0.15, -0.1) is 0 Å². The highest BCUT2D eigenvalue weighted by Crippen LogP contribution is 2.14. The summed E-state index contributed by atoms with van der Waals surface area (Å²) < 4.78 is 7.44. The molecule has 186 valence electrons. The monoisotopic (exact) mass is 515 g/mol. The van der Waals surface area contributed by atoms with E-state index in [1.165, 1.54) is 101 Å². The summed E-state index contributed by atoms with van der Waals surface area (Å²) in [6, 6.07) is 0. The first-order valence-electron chi connectivity index (χ1n) is 12.8. The van der Waals surface area contributed by atoms with Crippen molar-refractivity contribution in [1.82, 2.24) is 9.55 Å². The summed E-state index contributed by atoms with van der Waals surface area (Å²) in [5.74, 6) is 0.153. The number of ether oxygens (including phenoxy) is 1. The fourth-order valence-corrected chi connectivity index (χ4v) is 4.20. The molecule has 1 heterocycles. The van der Waals surface area contributed by atoms with Crippen LogP contribution in [0.1, 0.15) is 110 Å². The molecule has 1 aromatic rings. The molecule has 1 unspecified atom stereocenters. The first kappa shape index (κ1) is 29.1. The van der Waals surface area contributed by atoms with Crippen LogP contribution in [0.5, 0.6) is 0 Å². The Morgan fingerprint density at radius 1 is 0.938 bits per heavy atom. The Bertz CT molecular complexity index is 639. The van der Waals surface area contributed by atoms with Gasteiger partial charge in [0, 0.05) is 12.8 Å². The lowest BCUT2D eigenvalue weighted by Crippen LogP contribution is -2.31. The van der Waals surface area contributed by atoms with Gasteiger partial charge in [-0.05, 0) is 22.4 Å². The molecule has 3 N–H and O–H groups in total. The first-order chi connectivity index (χ1) is 15.5. The topological polar surface area (TPSA) is 90.4 Å². The average Bonchev–Trinajstić information content (AvgIpc) is 2.76. The van der Waals surface area contributed by atoms with Crippen molar-refractivity contribution in [3.05, 3.63) is 21.2 Å². The van der Waals surface area contributed by atoms with Gasteiger partial charge in [0.05, 0.1) is 23.7 Å². The molecule has 0 amide bonds. The van der Waals surface area contributed by atoms with Crippen LogP contribution < -0.4 is 11.4 Å². The molecule has 32 heavy (non-hydrogen) atoms. The number of nitrogens with zero attached hydrogens (tertiary/aromatic N) is 2. The van der Waals surface area contributed by atoms with Crippen molar-refractivity contribution in [3.8, 4) is 0 Å². The van der Waals surface area contributed by atoms with Gasteiger partial charge in [-0.1, -0.05) is 103 Å². The van der Waals surface area contributed by atoms with Gasteiger partial charge < -0.3 is 15.6 Å². The Balaban J connectivity index is 1.85. The number of anilines is 1. The molecule has 1 atom stereocenters. The lowest BCUT2D eigenvalue weighted by molar-refractivity contribution is 0.0260. The van der Waals surface area contributed by atoms with Crippen LogP contribution in [-0.4, -0.2) is 34.0 Å². The lowest BCUT2D eigenvalue weighted by atomic mass is 10.0. The molecule has 1 aromatic heterocycles. The summed E-state index contributed by atoms with van der Waals surface area (Å²) in [6.45, 7) is 3.28. The maximum atomic E-state index is 11.8. The van der Waals surface area contributed by atoms with E-state index in [1.807, 2.05) is 0 Å². The minimum atomic E-state index is -0.744. The standard InChI is InChI=1S/C25H46BrN3O3/c1-2-3-4-5-6-7-8-9-10-11-12-13-14-15-16-17-18-32-21-22(30)19-29-20-23(26)24(27)28-25(29)31/h20,22,30H,2-19,21H2,1H3,(H2,27,28,31). The van der Waals surface area contributed by atoms with E-state index < -0.39 is 11.8 Å². The number of hydrogen-bond donors (Lipinski definition) is 2. The van der Waals surface area contributed by atoms with Gasteiger partial charge in [0.25, 0.3) is 0 Å². The van der Waals surface area contributed by atoms with E-state index in [2.05, 4.69) is 27.8 Å². The van der Waals surface area contributed by atoms with Gasteiger partial charge in [0.15, 0.2) is 0 Å². The fraction of sp³-hybridized carbons (Fsp3) is 0.840. The van der Waals surface area contributed by atoms with Crippen molar-refractivity contribution in [2.45, 2.75) is 122 Å². The number of nitrogens with two attached hydrogens (primary N) is 1. The van der Waals surface area contributed by atoms with E-state index in [1.54, 1.807) is 6.20 Å². The maximum Gasteiger partial charge on any atom is 0.349 e. The van der Waals surface area contributed by atoms with Gasteiger partial charge in [0.1, 0.15) is 5.82 Å². The Morgan fingerprint density at radius 3 is 1.91 bits per heavy atom. The third-order valence-electron chi connectivity index (χ3n) is 5.84. The van der Waals surface area contributed by atoms with Crippen LogP contribution >= 0.6 is 15.9 Å². The smallest absolute Gasteiger partial charge is 0.349 e. The molecule has 0 saturated carbocycles.